The summed E-state index contributed by atoms with van der Waals surface area (Å²) >= 11 is 0. The van der Waals surface area contributed by atoms with Crippen molar-refractivity contribution >= 4 is 17.5 Å². The van der Waals surface area contributed by atoms with Crippen LogP contribution in [0.25, 0.3) is 0 Å². The molecule has 0 aromatic heterocycles. The number of para-hydroxylation sites is 1. The van der Waals surface area contributed by atoms with Gasteiger partial charge in [-0.1, -0.05) is 30.3 Å². The quantitative estimate of drug-likeness (QED) is 0.897. The fourth-order valence-electron chi connectivity index (χ4n) is 3.53. The molecule has 2 aromatic rings. The fraction of sp³-hybridized carbons (Fsp3) is 0.333. The van der Waals surface area contributed by atoms with Crippen molar-refractivity contribution in [2.24, 2.45) is 0 Å². The molecule has 1 atom stereocenters. The molecular weight excluding hydrogens is 328 g/mol. The van der Waals surface area contributed by atoms with Gasteiger partial charge in [-0.05, 0) is 38.0 Å². The summed E-state index contributed by atoms with van der Waals surface area (Å²) < 4.78 is 5.71. The van der Waals surface area contributed by atoms with Crippen LogP contribution < -0.4 is 15.0 Å². The van der Waals surface area contributed by atoms with Gasteiger partial charge < -0.3 is 15.0 Å². The summed E-state index contributed by atoms with van der Waals surface area (Å²) in [7, 11) is 0. The van der Waals surface area contributed by atoms with Crippen molar-refractivity contribution in [1.29, 1.82) is 0 Å². The van der Waals surface area contributed by atoms with Gasteiger partial charge >= 0.3 is 0 Å². The van der Waals surface area contributed by atoms with Gasteiger partial charge in [0, 0.05) is 18.1 Å². The molecule has 1 aliphatic rings. The number of hydrogen-bond acceptors (Lipinski definition) is 3. The van der Waals surface area contributed by atoms with Gasteiger partial charge in [0.1, 0.15) is 11.8 Å². The van der Waals surface area contributed by atoms with Crippen molar-refractivity contribution in [3.63, 3.8) is 0 Å². The van der Waals surface area contributed by atoms with Crippen molar-refractivity contribution < 1.29 is 14.3 Å². The largest absolute Gasteiger partial charge is 0.494 e. The van der Waals surface area contributed by atoms with Crippen LogP contribution in [0.15, 0.2) is 36.4 Å². The van der Waals surface area contributed by atoms with Crippen LogP contribution in [0.5, 0.6) is 5.75 Å². The van der Waals surface area contributed by atoms with E-state index in [0.29, 0.717) is 13.2 Å². The Kier molecular flexibility index (Phi) is 4.98. The van der Waals surface area contributed by atoms with E-state index in [1.54, 1.807) is 4.90 Å². The molecule has 0 fully saturated rings. The van der Waals surface area contributed by atoms with Gasteiger partial charge in [0.15, 0.2) is 0 Å². The van der Waals surface area contributed by atoms with E-state index < -0.39 is 6.04 Å². The number of ether oxygens (including phenoxy) is 1. The summed E-state index contributed by atoms with van der Waals surface area (Å²) in [5.41, 5.74) is 4.73. The first-order valence-electron chi connectivity index (χ1n) is 8.83. The molecule has 0 radical (unpaired) electrons. The lowest BCUT2D eigenvalue weighted by atomic mass is 9.99. The highest BCUT2D eigenvalue weighted by atomic mass is 16.5. The fourth-order valence-corrected chi connectivity index (χ4v) is 3.53. The molecule has 0 bridgehead atoms. The van der Waals surface area contributed by atoms with Crippen LogP contribution in [0.3, 0.4) is 0 Å². The number of carbonyl (C=O) groups is 2. The highest BCUT2D eigenvalue weighted by molar-refractivity contribution is 6.07. The summed E-state index contributed by atoms with van der Waals surface area (Å²) in [5.74, 6) is 0.448. The number of nitrogens with one attached hydrogen (secondary N) is 1. The number of carbonyl (C=O) groups excluding carboxylic acids is 2. The molecule has 2 amide bonds. The molecule has 136 valence electrons. The highest BCUT2D eigenvalue weighted by Gasteiger charge is 2.40. The second kappa shape index (κ2) is 7.20. The van der Waals surface area contributed by atoms with E-state index in [1.165, 1.54) is 6.92 Å². The van der Waals surface area contributed by atoms with Gasteiger partial charge in [-0.15, -0.1) is 0 Å². The molecule has 0 saturated heterocycles. The van der Waals surface area contributed by atoms with E-state index in [0.717, 1.165) is 33.7 Å². The summed E-state index contributed by atoms with van der Waals surface area (Å²) in [6.07, 6.45) is 0. The molecule has 0 aliphatic carbocycles. The van der Waals surface area contributed by atoms with Gasteiger partial charge in [-0.3, -0.25) is 9.59 Å². The smallest absolute Gasteiger partial charge is 0.254 e. The topological polar surface area (TPSA) is 58.6 Å². The van der Waals surface area contributed by atoms with Crippen molar-refractivity contribution in [1.82, 2.24) is 5.32 Å². The first kappa shape index (κ1) is 18.0. The summed E-state index contributed by atoms with van der Waals surface area (Å²) in [6, 6.07) is 11.1. The SMILES string of the molecule is CCOc1ccccc1CN1C(=O)C(NC(C)=O)c2c(C)ccc(C)c21. The second-order valence-electron chi connectivity index (χ2n) is 6.56. The highest BCUT2D eigenvalue weighted by Crippen LogP contribution is 2.42. The Labute approximate surface area is 154 Å². The maximum atomic E-state index is 13.1. The van der Waals surface area contributed by atoms with Crippen LogP contribution in [0.2, 0.25) is 0 Å². The number of hydrogen-bond donors (Lipinski definition) is 1. The van der Waals surface area contributed by atoms with Crippen LogP contribution in [-0.4, -0.2) is 18.4 Å². The predicted molar refractivity (Wildman–Crippen MR) is 101 cm³/mol. The zero-order valence-corrected chi connectivity index (χ0v) is 15.6. The van der Waals surface area contributed by atoms with Crippen LogP contribution in [0.1, 0.15) is 42.1 Å². The molecule has 26 heavy (non-hydrogen) atoms. The van der Waals surface area contributed by atoms with Crippen molar-refractivity contribution in [3.05, 3.63) is 58.7 Å². The second-order valence-corrected chi connectivity index (χ2v) is 6.56. The number of amides is 2. The van der Waals surface area contributed by atoms with Crippen molar-refractivity contribution in [3.8, 4) is 5.75 Å². The minimum atomic E-state index is -0.637. The van der Waals surface area contributed by atoms with E-state index in [1.807, 2.05) is 57.2 Å². The Morgan fingerprint density at radius 3 is 2.54 bits per heavy atom. The standard InChI is InChI=1S/C21H24N2O3/c1-5-26-17-9-7-6-8-16(17)12-23-20-14(3)11-10-13(2)18(20)19(21(23)25)22-15(4)24/h6-11,19H,5,12H2,1-4H3,(H,22,24). The van der Waals surface area contributed by atoms with Crippen LogP contribution in [0.4, 0.5) is 5.69 Å². The molecule has 5 nitrogen and oxygen atoms in total. The summed E-state index contributed by atoms with van der Waals surface area (Å²) in [4.78, 5) is 26.6. The van der Waals surface area contributed by atoms with Crippen molar-refractivity contribution in [2.75, 3.05) is 11.5 Å². The lowest BCUT2D eigenvalue weighted by Gasteiger charge is -2.21. The molecule has 3 rings (SSSR count). The van der Waals surface area contributed by atoms with E-state index in [-0.39, 0.29) is 11.8 Å². The third-order valence-corrected chi connectivity index (χ3v) is 4.66. The maximum absolute atomic E-state index is 13.1. The summed E-state index contributed by atoms with van der Waals surface area (Å²) in [6.45, 7) is 8.30. The lowest BCUT2D eigenvalue weighted by Crippen LogP contribution is -2.36. The third kappa shape index (κ3) is 3.17. The average molecular weight is 352 g/mol. The van der Waals surface area contributed by atoms with Crippen LogP contribution >= 0.6 is 0 Å². The number of benzene rings is 2. The molecule has 1 unspecified atom stereocenters. The average Bonchev–Trinajstić information content (AvgIpc) is 2.87. The number of nitrogens with zero attached hydrogens (tertiary/aromatic N) is 1. The minimum absolute atomic E-state index is 0.112. The number of anilines is 1. The van der Waals surface area contributed by atoms with Crippen LogP contribution in [-0.2, 0) is 16.1 Å². The van der Waals surface area contributed by atoms with Crippen molar-refractivity contribution in [2.45, 2.75) is 40.3 Å². The minimum Gasteiger partial charge on any atom is -0.494 e. The van der Waals surface area contributed by atoms with Gasteiger partial charge in [-0.2, -0.15) is 0 Å². The lowest BCUT2D eigenvalue weighted by molar-refractivity contribution is -0.126. The molecule has 5 heteroatoms. The molecule has 1 heterocycles. The molecule has 1 N–H and O–H groups in total. The molecule has 2 aromatic carbocycles. The van der Waals surface area contributed by atoms with Crippen LogP contribution in [0, 0.1) is 13.8 Å². The zero-order valence-electron chi connectivity index (χ0n) is 15.6. The molecule has 0 spiro atoms. The Bertz CT molecular complexity index is 860. The normalized spacial score (nSPS) is 15.8. The predicted octanol–water partition coefficient (Wildman–Crippen LogP) is 3.43. The molecule has 0 saturated carbocycles. The number of rotatable bonds is 5. The number of fused-ring (bicyclic) bond motifs is 1. The summed E-state index contributed by atoms with van der Waals surface area (Å²) in [5, 5.41) is 2.81. The third-order valence-electron chi connectivity index (χ3n) is 4.66. The van der Waals surface area contributed by atoms with E-state index in [9.17, 15) is 9.59 Å². The first-order chi connectivity index (χ1) is 12.4. The maximum Gasteiger partial charge on any atom is 0.254 e. The van der Waals surface area contributed by atoms with E-state index in [2.05, 4.69) is 5.32 Å². The monoisotopic (exact) mass is 352 g/mol. The number of aryl methyl sites for hydroxylation is 2. The van der Waals surface area contributed by atoms with Gasteiger partial charge in [-0.25, -0.2) is 0 Å². The van der Waals surface area contributed by atoms with Gasteiger partial charge in [0.25, 0.3) is 5.91 Å². The molecule has 1 aliphatic heterocycles. The zero-order chi connectivity index (χ0) is 18.8. The first-order valence-corrected chi connectivity index (χ1v) is 8.83. The Hall–Kier alpha value is -2.82. The van der Waals surface area contributed by atoms with Gasteiger partial charge in [0.05, 0.1) is 18.8 Å². The Morgan fingerprint density at radius 2 is 1.85 bits per heavy atom. The Morgan fingerprint density at radius 1 is 1.15 bits per heavy atom. The van der Waals surface area contributed by atoms with E-state index in [4.69, 9.17) is 4.74 Å². The molecular formula is C21H24N2O3. The Balaban J connectivity index is 2.05. The van der Waals surface area contributed by atoms with E-state index >= 15 is 0 Å². The van der Waals surface area contributed by atoms with Gasteiger partial charge in [0.2, 0.25) is 5.91 Å².